The van der Waals surface area contributed by atoms with E-state index in [4.69, 9.17) is 25.9 Å². The zero-order chi connectivity index (χ0) is 55.0. The Hall–Kier alpha value is -6.26. The monoisotopic (exact) mass is 1130 g/mol. The maximum Gasteiger partial charge on any atom is 0.248 e. The van der Waals surface area contributed by atoms with Gasteiger partial charge in [0.2, 0.25) is 29.1 Å². The Morgan fingerprint density at radius 1 is 0.587 bits per heavy atom. The number of hydrogen-bond donors (Lipinski definition) is 1. The van der Waals surface area contributed by atoms with E-state index in [9.17, 15) is 56.8 Å². The van der Waals surface area contributed by atoms with Crippen LogP contribution in [0.5, 0.6) is 0 Å². The molecular formula is C47H49ClF6N8O10S3. The minimum Gasteiger partial charge on any atom is -0.396 e. The summed E-state index contributed by atoms with van der Waals surface area (Å²) in [6, 6.07) is 8.68. The molecule has 0 aliphatic carbocycles. The standard InChI is InChI=1S/C25H27F3N4O6S2.C19H15F3N4O2.C3H7ClO2S/c1-3-11-39(34,35)32(40(36,37)12-4-2)20-14-17(26)23(27)22(24(20)28)25(33)16-5-6-18-19(13-16)30-21(15-29-18)31-7-9-38-10-8-31;20-11-8-12(23)18(22)16(17(11)21)19(27)10-1-2-13-14(7-10)25-15(9-24-13)26-3-5-28-6-4-26;1-2-3-7(4,5)6/h5-6,13-15H,3-4,7-12H2,1-2H3;1-2,7-9H,3-6,23H2;2-3H2,1H3. The Kier molecular flexibility index (Phi) is 19.0. The first-order valence-corrected chi connectivity index (χ1v) is 28.7. The van der Waals surface area contributed by atoms with Crippen LogP contribution in [-0.4, -0.2) is 127 Å². The number of carbonyl (C=O) groups excluding carboxylic acids is 2. The minimum absolute atomic E-state index is 0.0396. The van der Waals surface area contributed by atoms with E-state index in [1.807, 2.05) is 9.80 Å². The van der Waals surface area contributed by atoms with Gasteiger partial charge in [0.25, 0.3) is 0 Å². The van der Waals surface area contributed by atoms with E-state index in [-0.39, 0.29) is 45.0 Å². The van der Waals surface area contributed by atoms with Gasteiger partial charge in [-0.1, -0.05) is 20.8 Å². The largest absolute Gasteiger partial charge is 0.396 e. The molecule has 0 radical (unpaired) electrons. The van der Waals surface area contributed by atoms with Gasteiger partial charge in [0.1, 0.15) is 17.3 Å². The van der Waals surface area contributed by atoms with Gasteiger partial charge in [-0.3, -0.25) is 19.6 Å². The van der Waals surface area contributed by atoms with Gasteiger partial charge < -0.3 is 25.0 Å². The van der Waals surface area contributed by atoms with Crippen molar-refractivity contribution >= 4 is 96.4 Å². The number of nitrogen functional groups attached to an aromatic ring is 1. The number of rotatable bonds is 15. The van der Waals surface area contributed by atoms with Crippen LogP contribution in [0.1, 0.15) is 71.9 Å². The molecule has 8 rings (SSSR count). The van der Waals surface area contributed by atoms with E-state index in [2.05, 4.69) is 19.9 Å². The normalized spacial score (nSPS) is 14.2. The second-order valence-electron chi connectivity index (χ2n) is 16.6. The summed E-state index contributed by atoms with van der Waals surface area (Å²) < 4.78 is 169. The van der Waals surface area contributed by atoms with Crippen LogP contribution in [0.4, 0.5) is 49.4 Å². The van der Waals surface area contributed by atoms with Crippen LogP contribution in [0.15, 0.2) is 60.9 Å². The van der Waals surface area contributed by atoms with Gasteiger partial charge in [0.15, 0.2) is 46.5 Å². The molecule has 0 unspecified atom stereocenters. The van der Waals surface area contributed by atoms with Gasteiger partial charge in [-0.25, -0.2) is 61.6 Å². The van der Waals surface area contributed by atoms with Crippen LogP contribution in [0.3, 0.4) is 0 Å². The molecule has 4 aromatic carbocycles. The summed E-state index contributed by atoms with van der Waals surface area (Å²) in [6.07, 6.45) is 3.66. The zero-order valence-corrected chi connectivity index (χ0v) is 43.5. The van der Waals surface area contributed by atoms with Gasteiger partial charge in [0.05, 0.1) is 95.0 Å². The Bertz CT molecular complexity index is 3410. The first-order chi connectivity index (χ1) is 35.4. The fraction of sp³-hybridized carbons (Fsp3) is 0.362. The highest BCUT2D eigenvalue weighted by molar-refractivity contribution is 8.13. The van der Waals surface area contributed by atoms with Crippen molar-refractivity contribution in [2.45, 2.75) is 40.0 Å². The van der Waals surface area contributed by atoms with E-state index >= 15 is 4.39 Å². The number of benzene rings is 4. The third-order valence-electron chi connectivity index (χ3n) is 11.1. The molecule has 2 aromatic heterocycles. The van der Waals surface area contributed by atoms with Crippen LogP contribution in [0.25, 0.3) is 22.1 Å². The number of ether oxygens (including phenoxy) is 2. The summed E-state index contributed by atoms with van der Waals surface area (Å²) in [4.78, 5) is 47.5. The van der Waals surface area contributed by atoms with Crippen LogP contribution < -0.4 is 19.2 Å². The number of morpholine rings is 2. The molecule has 6 aromatic rings. The topological polar surface area (TPSA) is 242 Å². The summed E-state index contributed by atoms with van der Waals surface area (Å²) >= 11 is 0. The molecule has 2 fully saturated rings. The molecule has 4 heterocycles. The number of carbonyl (C=O) groups is 2. The summed E-state index contributed by atoms with van der Waals surface area (Å²) in [5.74, 6) is -12.4. The highest BCUT2D eigenvalue weighted by atomic mass is 35.7. The third kappa shape index (κ3) is 13.8. The van der Waals surface area contributed by atoms with Gasteiger partial charge in [-0.2, -0.15) is 3.71 Å². The number of aromatic nitrogens is 4. The highest BCUT2D eigenvalue weighted by Crippen LogP contribution is 2.34. The second kappa shape index (κ2) is 24.6. The van der Waals surface area contributed by atoms with Crippen molar-refractivity contribution < 1.29 is 70.7 Å². The van der Waals surface area contributed by atoms with E-state index in [1.54, 1.807) is 13.1 Å². The predicted molar refractivity (Wildman–Crippen MR) is 270 cm³/mol. The van der Waals surface area contributed by atoms with Crippen molar-refractivity contribution in [3.05, 3.63) is 118 Å². The van der Waals surface area contributed by atoms with Crippen molar-refractivity contribution in [2.24, 2.45) is 0 Å². The van der Waals surface area contributed by atoms with Crippen LogP contribution in [-0.2, 0) is 38.6 Å². The van der Waals surface area contributed by atoms with Gasteiger partial charge in [-0.05, 0) is 55.7 Å². The Balaban J connectivity index is 0.000000226. The van der Waals surface area contributed by atoms with Crippen molar-refractivity contribution in [1.29, 1.82) is 0 Å². The van der Waals surface area contributed by atoms with Gasteiger partial charge >= 0.3 is 0 Å². The lowest BCUT2D eigenvalue weighted by molar-refractivity contribution is 0.102. The molecule has 75 heavy (non-hydrogen) atoms. The molecule has 0 saturated carbocycles. The Morgan fingerprint density at radius 2 is 0.987 bits per heavy atom. The molecule has 0 spiro atoms. The quantitative estimate of drug-likeness (QED) is 0.0356. The SMILES string of the molecule is CCCS(=O)(=O)Cl.CCCS(=O)(=O)N(c1cc(F)c(F)c(C(=O)c2ccc3ncc(N4CCOCC4)nc3c2)c1F)S(=O)(=O)CCC.Nc1cc(F)c(F)c(C(=O)c2ccc3ncc(N4CCOCC4)nc3c2)c1F. The number of ketones is 2. The lowest BCUT2D eigenvalue weighted by atomic mass is 10.0. The molecule has 2 N–H and O–H groups in total. The van der Waals surface area contributed by atoms with Crippen molar-refractivity contribution in [2.75, 3.05) is 89.1 Å². The molecule has 28 heteroatoms. The van der Waals surface area contributed by atoms with Crippen LogP contribution >= 0.6 is 10.7 Å². The molecule has 0 bridgehead atoms. The van der Waals surface area contributed by atoms with E-state index in [1.165, 1.54) is 56.4 Å². The minimum atomic E-state index is -4.74. The third-order valence-corrected chi connectivity index (χ3v) is 17.1. The summed E-state index contributed by atoms with van der Waals surface area (Å²) in [7, 11) is -7.87. The number of anilines is 4. The predicted octanol–water partition coefficient (Wildman–Crippen LogP) is 7.06. The summed E-state index contributed by atoms with van der Waals surface area (Å²) in [5.41, 5.74) is 2.04. The summed E-state index contributed by atoms with van der Waals surface area (Å²) in [6.45, 7) is 9.18. The van der Waals surface area contributed by atoms with Crippen LogP contribution in [0, 0.1) is 34.9 Å². The molecule has 18 nitrogen and oxygen atoms in total. The van der Waals surface area contributed by atoms with E-state index in [0.717, 1.165) is 0 Å². The average molecular weight is 1130 g/mol. The lowest BCUT2D eigenvalue weighted by Crippen LogP contribution is -2.40. The number of fused-ring (bicyclic) bond motifs is 2. The molecule has 0 atom stereocenters. The maximum atomic E-state index is 15.8. The summed E-state index contributed by atoms with van der Waals surface area (Å²) in [5, 5.41) is 0. The zero-order valence-electron chi connectivity index (χ0n) is 40.3. The fourth-order valence-electron chi connectivity index (χ4n) is 7.61. The molecule has 404 valence electrons. The second-order valence-corrected chi connectivity index (χ2v) is 23.6. The molecule has 2 saturated heterocycles. The van der Waals surface area contributed by atoms with E-state index in [0.29, 0.717) is 93.3 Å². The molecule has 2 aliphatic heterocycles. The average Bonchev–Trinajstić information content (AvgIpc) is 3.37. The molecular weight excluding hydrogens is 1080 g/mol. The highest BCUT2D eigenvalue weighted by Gasteiger charge is 2.38. The number of nitrogens with zero attached hydrogens (tertiary/aromatic N) is 7. The first-order valence-electron chi connectivity index (χ1n) is 23.0. The first kappa shape index (κ1) is 58.0. The molecule has 2 aliphatic rings. The maximum absolute atomic E-state index is 15.8. The Morgan fingerprint density at radius 3 is 1.37 bits per heavy atom. The molecule has 0 amide bonds. The van der Waals surface area contributed by atoms with Crippen molar-refractivity contribution in [1.82, 2.24) is 19.9 Å². The fourth-order valence-corrected chi connectivity index (χ4v) is 12.6. The van der Waals surface area contributed by atoms with Crippen molar-refractivity contribution in [3.63, 3.8) is 0 Å². The van der Waals surface area contributed by atoms with Crippen LogP contribution in [0.2, 0.25) is 0 Å². The van der Waals surface area contributed by atoms with E-state index < -0.39 is 110 Å². The smallest absolute Gasteiger partial charge is 0.248 e. The van der Waals surface area contributed by atoms with Crippen molar-refractivity contribution in [3.8, 4) is 0 Å². The van der Waals surface area contributed by atoms with Gasteiger partial charge in [0, 0.05) is 60.1 Å². The number of nitrogens with two attached hydrogens (primary N) is 1. The lowest BCUT2D eigenvalue weighted by Gasteiger charge is -2.27. The number of halogens is 7. The Labute approximate surface area is 432 Å². The number of sulfonamides is 2. The number of hydrogen-bond acceptors (Lipinski definition) is 17. The van der Waals surface area contributed by atoms with Gasteiger partial charge in [-0.15, -0.1) is 0 Å².